The summed E-state index contributed by atoms with van der Waals surface area (Å²) in [4.78, 5) is 6.40. The Hall–Kier alpha value is -3.32. The van der Waals surface area contributed by atoms with Gasteiger partial charge in [-0.15, -0.1) is 0 Å². The van der Waals surface area contributed by atoms with Crippen molar-refractivity contribution in [3.05, 3.63) is 78.2 Å². The highest BCUT2D eigenvalue weighted by Crippen LogP contribution is 2.29. The Morgan fingerprint density at radius 3 is 2.59 bits per heavy atom. The van der Waals surface area contributed by atoms with Crippen LogP contribution < -0.4 is 4.74 Å². The zero-order valence-corrected chi connectivity index (χ0v) is 15.8. The van der Waals surface area contributed by atoms with Crippen molar-refractivity contribution < 1.29 is 18.0 Å². The Kier molecular flexibility index (Phi) is 5.48. The number of para-hydroxylation sites is 1. The summed E-state index contributed by atoms with van der Waals surface area (Å²) in [5.41, 5.74) is 1.56. The first-order valence-electron chi connectivity index (χ1n) is 9.12. The number of nitrogens with zero attached hydrogens (tertiary/aromatic N) is 3. The molecule has 0 atom stereocenters. The highest BCUT2D eigenvalue weighted by atomic mass is 19.3. The SMILES string of the molecule is CN(Cc1nc(-c2ccccc2OC(F)F)no1)Cc1cccc2ccccc12. The van der Waals surface area contributed by atoms with Crippen LogP contribution in [-0.2, 0) is 13.1 Å². The molecule has 0 aliphatic heterocycles. The maximum atomic E-state index is 12.6. The lowest BCUT2D eigenvalue weighted by Crippen LogP contribution is -2.17. The Labute approximate surface area is 166 Å². The van der Waals surface area contributed by atoms with Crippen LogP contribution in [-0.4, -0.2) is 28.7 Å². The van der Waals surface area contributed by atoms with Crippen molar-refractivity contribution in [2.75, 3.05) is 7.05 Å². The monoisotopic (exact) mass is 395 g/mol. The summed E-state index contributed by atoms with van der Waals surface area (Å²) in [6.45, 7) is -1.80. The van der Waals surface area contributed by atoms with Crippen molar-refractivity contribution in [1.29, 1.82) is 0 Å². The summed E-state index contributed by atoms with van der Waals surface area (Å²) < 4.78 is 35.1. The molecule has 0 aliphatic rings. The van der Waals surface area contributed by atoms with Crippen LogP contribution >= 0.6 is 0 Å². The predicted octanol–water partition coefficient (Wildman–Crippen LogP) is 5.12. The summed E-state index contributed by atoms with van der Waals surface area (Å²) in [5, 5.41) is 6.32. The highest BCUT2D eigenvalue weighted by Gasteiger charge is 2.17. The molecular weight excluding hydrogens is 376 g/mol. The van der Waals surface area contributed by atoms with Crippen LogP contribution in [0, 0.1) is 0 Å². The maximum absolute atomic E-state index is 12.6. The molecule has 0 spiro atoms. The fraction of sp³-hybridized carbons (Fsp3) is 0.182. The molecular formula is C22H19F2N3O2. The number of benzene rings is 3. The quantitative estimate of drug-likeness (QED) is 0.435. The Morgan fingerprint density at radius 2 is 1.72 bits per heavy atom. The maximum Gasteiger partial charge on any atom is 0.387 e. The van der Waals surface area contributed by atoms with E-state index < -0.39 is 6.61 Å². The Bertz CT molecular complexity index is 1110. The molecule has 5 nitrogen and oxygen atoms in total. The number of rotatable bonds is 7. The van der Waals surface area contributed by atoms with Gasteiger partial charge in [-0.05, 0) is 35.5 Å². The number of aromatic nitrogens is 2. The smallest absolute Gasteiger partial charge is 0.387 e. The van der Waals surface area contributed by atoms with Crippen LogP contribution in [0.1, 0.15) is 11.5 Å². The van der Waals surface area contributed by atoms with Crippen LogP contribution in [0.15, 0.2) is 71.3 Å². The standard InChI is InChI=1S/C22H19F2N3O2/c1-27(13-16-9-6-8-15-7-2-3-10-17(15)16)14-20-25-21(26-29-20)18-11-4-5-12-19(18)28-22(23)24/h2-12,22H,13-14H2,1H3. The Balaban J connectivity index is 1.49. The van der Waals surface area contributed by atoms with Crippen molar-refractivity contribution >= 4 is 10.8 Å². The van der Waals surface area contributed by atoms with Crippen LogP contribution in [0.3, 0.4) is 0 Å². The van der Waals surface area contributed by atoms with Crippen molar-refractivity contribution in [3.8, 4) is 17.1 Å². The molecule has 0 bridgehead atoms. The van der Waals surface area contributed by atoms with E-state index >= 15 is 0 Å². The summed E-state index contributed by atoms with van der Waals surface area (Å²) in [7, 11) is 1.96. The van der Waals surface area contributed by atoms with Crippen LogP contribution in [0.4, 0.5) is 8.78 Å². The zero-order chi connectivity index (χ0) is 20.2. The number of hydrogen-bond acceptors (Lipinski definition) is 5. The van der Waals surface area contributed by atoms with Gasteiger partial charge in [-0.25, -0.2) is 0 Å². The highest BCUT2D eigenvalue weighted by molar-refractivity contribution is 5.85. The number of alkyl halides is 2. The topological polar surface area (TPSA) is 51.4 Å². The molecule has 0 saturated carbocycles. The molecule has 0 N–H and O–H groups in total. The normalized spacial score (nSPS) is 11.5. The molecule has 0 fully saturated rings. The van der Waals surface area contributed by atoms with Crippen molar-refractivity contribution in [2.45, 2.75) is 19.7 Å². The Morgan fingerprint density at radius 1 is 0.966 bits per heavy atom. The fourth-order valence-electron chi connectivity index (χ4n) is 3.29. The van der Waals surface area contributed by atoms with Crippen molar-refractivity contribution in [3.63, 3.8) is 0 Å². The van der Waals surface area contributed by atoms with Gasteiger partial charge in [-0.2, -0.15) is 13.8 Å². The van der Waals surface area contributed by atoms with Gasteiger partial charge in [0.25, 0.3) is 0 Å². The first-order valence-corrected chi connectivity index (χ1v) is 9.12. The van der Waals surface area contributed by atoms with E-state index in [1.807, 2.05) is 25.2 Å². The largest absolute Gasteiger partial charge is 0.434 e. The van der Waals surface area contributed by atoms with Crippen LogP contribution in [0.5, 0.6) is 5.75 Å². The summed E-state index contributed by atoms with van der Waals surface area (Å²) in [6.07, 6.45) is 0. The van der Waals surface area contributed by atoms with Gasteiger partial charge in [0.15, 0.2) is 0 Å². The lowest BCUT2D eigenvalue weighted by Gasteiger charge is -2.15. The van der Waals surface area contributed by atoms with Gasteiger partial charge in [0, 0.05) is 6.54 Å². The molecule has 4 aromatic rings. The predicted molar refractivity (Wildman–Crippen MR) is 105 cm³/mol. The number of halogens is 2. The van der Waals surface area contributed by atoms with Crippen LogP contribution in [0.25, 0.3) is 22.2 Å². The molecule has 1 heterocycles. The third-order valence-corrected chi connectivity index (χ3v) is 4.54. The van der Waals surface area contributed by atoms with Gasteiger partial charge in [0.2, 0.25) is 11.7 Å². The van der Waals surface area contributed by atoms with Gasteiger partial charge in [-0.1, -0.05) is 59.8 Å². The first-order chi connectivity index (χ1) is 14.1. The fourth-order valence-corrected chi connectivity index (χ4v) is 3.29. The van der Waals surface area contributed by atoms with E-state index in [-0.39, 0.29) is 11.6 Å². The summed E-state index contributed by atoms with van der Waals surface area (Å²) in [6, 6.07) is 20.8. The van der Waals surface area contributed by atoms with Crippen molar-refractivity contribution in [1.82, 2.24) is 15.0 Å². The van der Waals surface area contributed by atoms with E-state index in [2.05, 4.69) is 44.0 Å². The van der Waals surface area contributed by atoms with E-state index in [4.69, 9.17) is 4.52 Å². The zero-order valence-electron chi connectivity index (χ0n) is 15.8. The number of hydrogen-bond donors (Lipinski definition) is 0. The van der Waals surface area contributed by atoms with Gasteiger partial charge >= 0.3 is 6.61 Å². The summed E-state index contributed by atoms with van der Waals surface area (Å²) in [5.74, 6) is 0.628. The minimum absolute atomic E-state index is 0.0129. The van der Waals surface area contributed by atoms with E-state index in [0.29, 0.717) is 24.5 Å². The van der Waals surface area contributed by atoms with E-state index in [0.717, 1.165) is 0 Å². The molecule has 1 aromatic heterocycles. The van der Waals surface area contributed by atoms with E-state index in [1.165, 1.54) is 22.4 Å². The first kappa shape index (κ1) is 19.0. The van der Waals surface area contributed by atoms with E-state index in [1.54, 1.807) is 18.2 Å². The summed E-state index contributed by atoms with van der Waals surface area (Å²) >= 11 is 0. The van der Waals surface area contributed by atoms with Gasteiger partial charge in [-0.3, -0.25) is 4.90 Å². The van der Waals surface area contributed by atoms with Gasteiger partial charge in [0.1, 0.15) is 5.75 Å². The molecule has 148 valence electrons. The molecule has 0 unspecified atom stereocenters. The average molecular weight is 395 g/mol. The van der Waals surface area contributed by atoms with Crippen LogP contribution in [0.2, 0.25) is 0 Å². The molecule has 7 heteroatoms. The lowest BCUT2D eigenvalue weighted by atomic mass is 10.0. The van der Waals surface area contributed by atoms with Gasteiger partial charge < -0.3 is 9.26 Å². The molecule has 0 radical (unpaired) electrons. The third kappa shape index (κ3) is 4.41. The minimum Gasteiger partial charge on any atom is -0.434 e. The third-order valence-electron chi connectivity index (χ3n) is 4.54. The lowest BCUT2D eigenvalue weighted by molar-refractivity contribution is -0.0494. The van der Waals surface area contributed by atoms with E-state index in [9.17, 15) is 8.78 Å². The number of fused-ring (bicyclic) bond motifs is 1. The molecule has 0 amide bonds. The molecule has 0 saturated heterocycles. The second kappa shape index (κ2) is 8.36. The second-order valence-electron chi connectivity index (χ2n) is 6.70. The molecule has 4 rings (SSSR count). The second-order valence-corrected chi connectivity index (χ2v) is 6.70. The molecule has 29 heavy (non-hydrogen) atoms. The molecule has 0 aliphatic carbocycles. The average Bonchev–Trinajstić information content (AvgIpc) is 3.16. The minimum atomic E-state index is -2.92. The van der Waals surface area contributed by atoms with Crippen molar-refractivity contribution in [2.24, 2.45) is 0 Å². The van der Waals surface area contributed by atoms with Gasteiger partial charge in [0.05, 0.1) is 12.1 Å². The molecule has 3 aromatic carbocycles. The number of ether oxygens (including phenoxy) is 1.